The van der Waals surface area contributed by atoms with E-state index >= 15 is 0 Å². The van der Waals surface area contributed by atoms with Crippen LogP contribution in [0.1, 0.15) is 34.3 Å². The van der Waals surface area contributed by atoms with Crippen LogP contribution in [-0.2, 0) is 9.53 Å². The van der Waals surface area contributed by atoms with Gasteiger partial charge in [-0.3, -0.25) is 4.79 Å². The minimum Gasteiger partial charge on any atom is -0.478 e. The first-order valence-electron chi connectivity index (χ1n) is 11.2. The molecule has 7 nitrogen and oxygen atoms in total. The predicted molar refractivity (Wildman–Crippen MR) is 134 cm³/mol. The fraction of sp³-hybridized carbons (Fsp3) is 0.179. The zero-order valence-electron chi connectivity index (χ0n) is 19.5. The molecule has 178 valence electrons. The fourth-order valence-electron chi connectivity index (χ4n) is 4.35. The lowest BCUT2D eigenvalue weighted by molar-refractivity contribution is -0.114. The van der Waals surface area contributed by atoms with E-state index in [-0.39, 0.29) is 30.5 Å². The molecule has 0 aliphatic heterocycles. The van der Waals surface area contributed by atoms with Crippen LogP contribution >= 0.6 is 0 Å². The van der Waals surface area contributed by atoms with Gasteiger partial charge in [0.1, 0.15) is 6.61 Å². The fourth-order valence-corrected chi connectivity index (χ4v) is 4.35. The van der Waals surface area contributed by atoms with E-state index in [0.717, 1.165) is 22.3 Å². The molecule has 0 aromatic heterocycles. The van der Waals surface area contributed by atoms with Crippen molar-refractivity contribution in [3.8, 4) is 11.1 Å². The van der Waals surface area contributed by atoms with Gasteiger partial charge in [0.25, 0.3) is 5.91 Å². The summed E-state index contributed by atoms with van der Waals surface area (Å²) in [4.78, 5) is 37.8. The molecule has 7 heteroatoms. The third-order valence-corrected chi connectivity index (χ3v) is 6.14. The molecule has 3 aromatic rings. The highest BCUT2D eigenvalue weighted by molar-refractivity contribution is 6.08. The van der Waals surface area contributed by atoms with Gasteiger partial charge in [0.05, 0.1) is 11.3 Å². The maximum atomic E-state index is 12.7. The van der Waals surface area contributed by atoms with Gasteiger partial charge in [0, 0.05) is 25.1 Å². The first-order chi connectivity index (χ1) is 16.9. The molecule has 2 N–H and O–H groups in total. The molecule has 0 saturated carbocycles. The van der Waals surface area contributed by atoms with E-state index in [9.17, 15) is 19.5 Å². The summed E-state index contributed by atoms with van der Waals surface area (Å²) in [6, 6.07) is 22.5. The number of alkyl carbamates (subject to hydrolysis) is 1. The number of benzene rings is 3. The highest BCUT2D eigenvalue weighted by Crippen LogP contribution is 2.44. The van der Waals surface area contributed by atoms with Crippen LogP contribution in [0.4, 0.5) is 10.5 Å². The highest BCUT2D eigenvalue weighted by atomic mass is 16.5. The average Bonchev–Trinajstić information content (AvgIpc) is 3.20. The summed E-state index contributed by atoms with van der Waals surface area (Å²) >= 11 is 0. The summed E-state index contributed by atoms with van der Waals surface area (Å²) in [5.74, 6) is -1.51. The van der Waals surface area contributed by atoms with Crippen molar-refractivity contribution in [3.05, 3.63) is 101 Å². The molecule has 0 saturated heterocycles. The van der Waals surface area contributed by atoms with E-state index < -0.39 is 12.1 Å². The Morgan fingerprint density at radius 1 is 0.943 bits per heavy atom. The summed E-state index contributed by atoms with van der Waals surface area (Å²) in [5, 5.41) is 12.0. The van der Waals surface area contributed by atoms with E-state index in [4.69, 9.17) is 4.74 Å². The van der Waals surface area contributed by atoms with Crippen LogP contribution in [0.5, 0.6) is 0 Å². The molecule has 4 rings (SSSR count). The molecule has 0 heterocycles. The quantitative estimate of drug-likeness (QED) is 0.482. The van der Waals surface area contributed by atoms with Crippen molar-refractivity contribution in [2.24, 2.45) is 0 Å². The minimum absolute atomic E-state index is 0.0324. The van der Waals surface area contributed by atoms with Gasteiger partial charge < -0.3 is 20.1 Å². The van der Waals surface area contributed by atoms with Gasteiger partial charge in [-0.05, 0) is 41.3 Å². The van der Waals surface area contributed by atoms with Gasteiger partial charge in [0.15, 0.2) is 0 Å². The number of hydrogen-bond donors (Lipinski definition) is 2. The lowest BCUT2D eigenvalue weighted by Gasteiger charge is -2.19. The monoisotopic (exact) mass is 470 g/mol. The number of anilines is 1. The average molecular weight is 471 g/mol. The Bertz CT molecular complexity index is 1270. The smallest absolute Gasteiger partial charge is 0.407 e. The molecule has 2 amide bonds. The maximum absolute atomic E-state index is 12.7. The number of carbonyl (C=O) groups is 3. The Kier molecular flexibility index (Phi) is 6.96. The molecular weight excluding hydrogens is 444 g/mol. The van der Waals surface area contributed by atoms with Crippen LogP contribution < -0.4 is 10.2 Å². The van der Waals surface area contributed by atoms with Gasteiger partial charge >= 0.3 is 12.1 Å². The number of aromatic carboxylic acids is 1. The molecule has 0 atom stereocenters. The number of carbonyl (C=O) groups excluding carboxylic acids is 2. The molecule has 35 heavy (non-hydrogen) atoms. The Morgan fingerprint density at radius 3 is 2.14 bits per heavy atom. The van der Waals surface area contributed by atoms with Crippen LogP contribution in [0, 0.1) is 0 Å². The number of hydrogen-bond acceptors (Lipinski definition) is 4. The van der Waals surface area contributed by atoms with Crippen LogP contribution in [0.15, 0.2) is 84.4 Å². The topological polar surface area (TPSA) is 95.9 Å². The van der Waals surface area contributed by atoms with Crippen molar-refractivity contribution in [1.29, 1.82) is 0 Å². The van der Waals surface area contributed by atoms with Crippen molar-refractivity contribution >= 4 is 23.7 Å². The zero-order chi connectivity index (χ0) is 24.9. The lowest BCUT2D eigenvalue weighted by Crippen LogP contribution is -2.30. The molecule has 1 aliphatic carbocycles. The van der Waals surface area contributed by atoms with Crippen LogP contribution in [0.25, 0.3) is 11.1 Å². The maximum Gasteiger partial charge on any atom is 0.407 e. The van der Waals surface area contributed by atoms with Crippen molar-refractivity contribution < 1.29 is 24.2 Å². The second-order valence-corrected chi connectivity index (χ2v) is 8.28. The van der Waals surface area contributed by atoms with Gasteiger partial charge in [0.2, 0.25) is 0 Å². The molecule has 0 bridgehead atoms. The minimum atomic E-state index is -1.11. The van der Waals surface area contributed by atoms with Gasteiger partial charge in [-0.25, -0.2) is 9.59 Å². The Morgan fingerprint density at radius 2 is 1.51 bits per heavy atom. The normalized spacial score (nSPS) is 12.5. The number of nitrogens with zero attached hydrogens (tertiary/aromatic N) is 1. The van der Waals surface area contributed by atoms with Crippen LogP contribution in [0.3, 0.4) is 0 Å². The van der Waals surface area contributed by atoms with Crippen LogP contribution in [-0.4, -0.2) is 43.3 Å². The number of likely N-dealkylation sites (N-methyl/N-ethyl adjacent to an activating group) is 1. The molecule has 0 spiro atoms. The number of para-hydroxylation sites is 1. The lowest BCUT2D eigenvalue weighted by atomic mass is 9.98. The number of fused-ring (bicyclic) bond motifs is 3. The first kappa shape index (κ1) is 23.8. The summed E-state index contributed by atoms with van der Waals surface area (Å²) in [7, 11) is 1.51. The SMILES string of the molecule is C/C(=C\CNC(=O)OCC1c2ccccc2-c2ccccc21)C(=O)N(C)c1ccccc1C(=O)O. The van der Waals surface area contributed by atoms with Crippen molar-refractivity contribution in [1.82, 2.24) is 5.32 Å². The second-order valence-electron chi connectivity index (χ2n) is 8.28. The largest absolute Gasteiger partial charge is 0.478 e. The number of amides is 2. The Balaban J connectivity index is 1.34. The van der Waals surface area contributed by atoms with Crippen molar-refractivity contribution in [2.45, 2.75) is 12.8 Å². The number of carboxylic acids is 1. The van der Waals surface area contributed by atoms with E-state index in [1.165, 1.54) is 18.0 Å². The number of rotatable bonds is 7. The van der Waals surface area contributed by atoms with Gasteiger partial charge in [-0.1, -0.05) is 66.7 Å². The zero-order valence-corrected chi connectivity index (χ0v) is 19.5. The highest BCUT2D eigenvalue weighted by Gasteiger charge is 2.29. The second kappa shape index (κ2) is 10.3. The molecule has 3 aromatic carbocycles. The molecule has 1 aliphatic rings. The predicted octanol–water partition coefficient (Wildman–Crippen LogP) is 4.83. The van der Waals surface area contributed by atoms with Crippen molar-refractivity contribution in [3.63, 3.8) is 0 Å². The first-order valence-corrected chi connectivity index (χ1v) is 11.2. The summed E-state index contributed by atoms with van der Waals surface area (Å²) in [6.07, 6.45) is 0.997. The molecule has 0 radical (unpaired) electrons. The van der Waals surface area contributed by atoms with E-state index in [2.05, 4.69) is 29.6 Å². The number of carboxylic acid groups (broad SMARTS) is 1. The molecule has 0 fully saturated rings. The number of nitrogens with one attached hydrogen (secondary N) is 1. The number of ether oxygens (including phenoxy) is 1. The van der Waals surface area contributed by atoms with E-state index in [0.29, 0.717) is 11.3 Å². The Labute approximate surface area is 203 Å². The summed E-state index contributed by atoms with van der Waals surface area (Å²) in [6.45, 7) is 1.92. The van der Waals surface area contributed by atoms with E-state index in [1.54, 1.807) is 31.2 Å². The Hall–Kier alpha value is -4.39. The summed E-state index contributed by atoms with van der Waals surface area (Å²) < 4.78 is 5.50. The molecular formula is C28H26N2O5. The van der Waals surface area contributed by atoms with Crippen LogP contribution in [0.2, 0.25) is 0 Å². The third kappa shape index (κ3) is 4.94. The van der Waals surface area contributed by atoms with Crippen molar-refractivity contribution in [2.75, 3.05) is 25.1 Å². The van der Waals surface area contributed by atoms with E-state index in [1.807, 2.05) is 24.3 Å². The van der Waals surface area contributed by atoms with Gasteiger partial charge in [-0.15, -0.1) is 0 Å². The summed E-state index contributed by atoms with van der Waals surface area (Å²) in [5.41, 5.74) is 5.27. The molecule has 0 unspecified atom stereocenters. The standard InChI is InChI=1S/C28H26N2O5/c1-18(26(31)30(2)25-14-8-7-13-23(25)27(32)33)15-16-29-28(34)35-17-24-21-11-5-3-9-19(21)20-10-4-6-12-22(20)24/h3-15,24H,16-17H2,1-2H3,(H,29,34)(H,32,33)/b18-15+. The third-order valence-electron chi connectivity index (χ3n) is 6.14. The van der Waals surface area contributed by atoms with Gasteiger partial charge in [-0.2, -0.15) is 0 Å².